The first-order valence-electron chi connectivity index (χ1n) is 12.5. The number of benzene rings is 1. The van der Waals surface area contributed by atoms with Crippen LogP contribution in [0.1, 0.15) is 38.5 Å². The van der Waals surface area contributed by atoms with E-state index in [0.29, 0.717) is 24.4 Å². The number of β-amino-alcohol motifs (C(OH)–C–C–N with tert-alkyl or cyclic N) is 1. The van der Waals surface area contributed by atoms with Crippen molar-refractivity contribution in [1.29, 1.82) is 0 Å². The summed E-state index contributed by atoms with van der Waals surface area (Å²) in [5, 5.41) is 13.8. The van der Waals surface area contributed by atoms with Gasteiger partial charge in [-0.3, -0.25) is 4.79 Å². The molecule has 3 heterocycles. The number of rotatable bonds is 7. The molecule has 35 heavy (non-hydrogen) atoms. The lowest BCUT2D eigenvalue weighted by atomic mass is 9.96. The van der Waals surface area contributed by atoms with Crippen molar-refractivity contribution in [2.75, 3.05) is 45.9 Å². The molecule has 0 bridgehead atoms. The Hall–Kier alpha value is -1.27. The lowest BCUT2D eigenvalue weighted by Gasteiger charge is -2.43. The fraction of sp³-hybridized carbons (Fsp3) is 0.708. The van der Waals surface area contributed by atoms with Gasteiger partial charge in [0.2, 0.25) is 15.9 Å². The number of sulfonamides is 1. The van der Waals surface area contributed by atoms with E-state index < -0.39 is 28.3 Å². The van der Waals surface area contributed by atoms with Crippen LogP contribution >= 0.6 is 11.6 Å². The highest BCUT2D eigenvalue weighted by molar-refractivity contribution is 7.89. The van der Waals surface area contributed by atoms with Gasteiger partial charge in [-0.25, -0.2) is 8.42 Å². The Labute approximate surface area is 212 Å². The number of hydrogen-bond acceptors (Lipinski definition) is 7. The van der Waals surface area contributed by atoms with E-state index >= 15 is 0 Å². The van der Waals surface area contributed by atoms with Gasteiger partial charge >= 0.3 is 0 Å². The summed E-state index contributed by atoms with van der Waals surface area (Å²) in [5.41, 5.74) is 0. The number of hydrogen-bond donors (Lipinski definition) is 2. The molecule has 3 aliphatic rings. The fourth-order valence-corrected chi connectivity index (χ4v) is 6.97. The molecule has 0 saturated carbocycles. The van der Waals surface area contributed by atoms with Crippen LogP contribution in [0, 0.1) is 0 Å². The minimum Gasteiger partial charge on any atom is -0.389 e. The molecule has 4 rings (SSSR count). The van der Waals surface area contributed by atoms with Crippen LogP contribution in [0.2, 0.25) is 5.02 Å². The van der Waals surface area contributed by atoms with Gasteiger partial charge in [0, 0.05) is 24.7 Å². The highest BCUT2D eigenvalue weighted by Crippen LogP contribution is 2.31. The van der Waals surface area contributed by atoms with Gasteiger partial charge in [-0.05, 0) is 63.0 Å². The molecule has 2 N–H and O–H groups in total. The van der Waals surface area contributed by atoms with Gasteiger partial charge < -0.3 is 24.8 Å². The van der Waals surface area contributed by atoms with Crippen LogP contribution in [0.4, 0.5) is 0 Å². The van der Waals surface area contributed by atoms with Gasteiger partial charge in [0.05, 0.1) is 48.9 Å². The third-order valence-electron chi connectivity index (χ3n) is 6.97. The second kappa shape index (κ2) is 12.3. The number of aliphatic hydroxyl groups excluding tert-OH is 1. The number of aliphatic hydroxyl groups is 1. The maximum absolute atomic E-state index is 13.5. The first kappa shape index (κ1) is 26.8. The second-order valence-electron chi connectivity index (χ2n) is 9.62. The predicted molar refractivity (Wildman–Crippen MR) is 132 cm³/mol. The van der Waals surface area contributed by atoms with E-state index in [4.69, 9.17) is 21.1 Å². The van der Waals surface area contributed by atoms with Crippen LogP contribution in [0.25, 0.3) is 0 Å². The van der Waals surface area contributed by atoms with E-state index in [0.717, 1.165) is 19.6 Å². The van der Waals surface area contributed by atoms with Gasteiger partial charge in [-0.15, -0.1) is 0 Å². The Balaban J connectivity index is 1.36. The largest absolute Gasteiger partial charge is 0.389 e. The first-order chi connectivity index (χ1) is 16.8. The summed E-state index contributed by atoms with van der Waals surface area (Å²) < 4.78 is 40.1. The standard InChI is InChI=1S/C24H36ClN3O6S/c25-18-4-7-21(8-5-18)35(31,32)28-15-19(29)16-33-17-23-22(28)9-6-20(34-23)14-24(30)26-10-13-27-11-2-1-3-12-27/h4-5,7-8,19-20,22-23,29H,1-3,6,9-17H2,(H,26,30)/t19-,20+,22-,23+/m1/s1. The normalized spacial score (nSPS) is 29.1. The van der Waals surface area contributed by atoms with Crippen LogP contribution in [0.3, 0.4) is 0 Å². The maximum atomic E-state index is 13.5. The molecule has 1 amide bonds. The zero-order valence-corrected chi connectivity index (χ0v) is 21.6. The summed E-state index contributed by atoms with van der Waals surface area (Å²) in [4.78, 5) is 15.0. The number of likely N-dealkylation sites (tertiary alicyclic amines) is 1. The molecule has 1 aromatic rings. The lowest BCUT2D eigenvalue weighted by molar-refractivity contribution is -0.146. The number of nitrogens with zero attached hydrogens (tertiary/aromatic N) is 2. The summed E-state index contributed by atoms with van der Waals surface area (Å²) in [5.74, 6) is -0.0571. The minimum atomic E-state index is -3.89. The zero-order chi connectivity index (χ0) is 24.8. The van der Waals surface area contributed by atoms with E-state index in [1.165, 1.54) is 47.8 Å². The molecule has 3 saturated heterocycles. The molecule has 0 radical (unpaired) electrons. The summed E-state index contributed by atoms with van der Waals surface area (Å²) in [6.45, 7) is 3.74. The molecule has 196 valence electrons. The van der Waals surface area contributed by atoms with Gasteiger partial charge in [0.25, 0.3) is 0 Å². The lowest BCUT2D eigenvalue weighted by Crippen LogP contribution is -2.57. The van der Waals surface area contributed by atoms with E-state index in [9.17, 15) is 18.3 Å². The molecule has 11 heteroatoms. The van der Waals surface area contributed by atoms with Crippen LogP contribution in [-0.2, 0) is 24.3 Å². The average molecular weight is 530 g/mol. The summed E-state index contributed by atoms with van der Waals surface area (Å²) in [7, 11) is -3.89. The Morgan fingerprint density at radius 3 is 2.60 bits per heavy atom. The van der Waals surface area contributed by atoms with Crippen LogP contribution < -0.4 is 5.32 Å². The van der Waals surface area contributed by atoms with Crippen molar-refractivity contribution in [3.8, 4) is 0 Å². The highest BCUT2D eigenvalue weighted by Gasteiger charge is 2.43. The fourth-order valence-electron chi connectivity index (χ4n) is 5.13. The van der Waals surface area contributed by atoms with E-state index in [-0.39, 0.29) is 43.1 Å². The van der Waals surface area contributed by atoms with Crippen LogP contribution in [0.15, 0.2) is 29.2 Å². The Morgan fingerprint density at radius 1 is 1.11 bits per heavy atom. The van der Waals surface area contributed by atoms with Crippen molar-refractivity contribution >= 4 is 27.5 Å². The van der Waals surface area contributed by atoms with E-state index in [1.807, 2.05) is 0 Å². The van der Waals surface area contributed by atoms with Crippen molar-refractivity contribution in [2.45, 2.75) is 67.8 Å². The topological polar surface area (TPSA) is 108 Å². The Morgan fingerprint density at radius 2 is 1.86 bits per heavy atom. The number of nitrogens with one attached hydrogen (secondary N) is 1. The monoisotopic (exact) mass is 529 g/mol. The quantitative estimate of drug-likeness (QED) is 0.552. The van der Waals surface area contributed by atoms with Crippen molar-refractivity contribution in [3.63, 3.8) is 0 Å². The summed E-state index contributed by atoms with van der Waals surface area (Å²) in [6.07, 6.45) is 3.24. The molecule has 4 atom stereocenters. The maximum Gasteiger partial charge on any atom is 0.243 e. The molecule has 3 fully saturated rings. The number of carbonyl (C=O) groups excluding carboxylic acids is 1. The van der Waals surface area contributed by atoms with Gasteiger partial charge in [-0.1, -0.05) is 18.0 Å². The molecule has 9 nitrogen and oxygen atoms in total. The van der Waals surface area contributed by atoms with Gasteiger partial charge in [0.1, 0.15) is 0 Å². The average Bonchev–Trinajstić information content (AvgIpc) is 2.83. The third kappa shape index (κ3) is 7.15. The first-order valence-corrected chi connectivity index (χ1v) is 14.3. The number of piperidine rings is 1. The van der Waals surface area contributed by atoms with Crippen LogP contribution in [0.5, 0.6) is 0 Å². The van der Waals surface area contributed by atoms with Gasteiger partial charge in [0.15, 0.2) is 0 Å². The smallest absolute Gasteiger partial charge is 0.243 e. The molecule has 1 aromatic carbocycles. The molecule has 0 spiro atoms. The van der Waals surface area contributed by atoms with Crippen molar-refractivity contribution in [3.05, 3.63) is 29.3 Å². The number of halogens is 1. The molecule has 0 aliphatic carbocycles. The molecular formula is C24H36ClN3O6S. The summed E-state index contributed by atoms with van der Waals surface area (Å²) in [6, 6.07) is 5.51. The van der Waals surface area contributed by atoms with Crippen molar-refractivity contribution in [2.24, 2.45) is 0 Å². The number of amides is 1. The summed E-state index contributed by atoms with van der Waals surface area (Å²) >= 11 is 5.94. The Bertz CT molecular complexity index is 941. The zero-order valence-electron chi connectivity index (χ0n) is 20.0. The second-order valence-corrected chi connectivity index (χ2v) is 11.9. The van der Waals surface area contributed by atoms with Crippen molar-refractivity contribution < 1.29 is 27.8 Å². The van der Waals surface area contributed by atoms with Gasteiger partial charge in [-0.2, -0.15) is 4.31 Å². The highest BCUT2D eigenvalue weighted by atomic mass is 35.5. The molecule has 3 aliphatic heterocycles. The van der Waals surface area contributed by atoms with E-state index in [1.54, 1.807) is 0 Å². The molecule has 0 aromatic heterocycles. The minimum absolute atomic E-state index is 0.0148. The van der Waals surface area contributed by atoms with E-state index in [2.05, 4.69) is 10.2 Å². The predicted octanol–water partition coefficient (Wildman–Crippen LogP) is 1.63. The number of carbonyl (C=O) groups is 1. The molecule has 0 unspecified atom stereocenters. The molecular weight excluding hydrogens is 494 g/mol. The Kier molecular flexibility index (Phi) is 9.42. The van der Waals surface area contributed by atoms with Crippen LogP contribution in [-0.4, -0.2) is 98.9 Å². The van der Waals surface area contributed by atoms with Crippen molar-refractivity contribution in [1.82, 2.24) is 14.5 Å². The number of ether oxygens (including phenoxy) is 2. The third-order valence-corrected chi connectivity index (χ3v) is 9.12. The number of fused-ring (bicyclic) bond motifs is 1. The SMILES string of the molecule is O=C(C[C@@H]1CC[C@@H]2[C@H](COC[C@H](O)CN2S(=O)(=O)c2ccc(Cl)cc2)O1)NCCN1CCCCC1.